The van der Waals surface area contributed by atoms with Gasteiger partial charge in [-0.15, -0.1) is 0 Å². The van der Waals surface area contributed by atoms with Crippen molar-refractivity contribution in [2.75, 3.05) is 19.0 Å². The van der Waals surface area contributed by atoms with Crippen LogP contribution in [0.4, 0.5) is 11.4 Å². The second kappa shape index (κ2) is 6.78. The van der Waals surface area contributed by atoms with E-state index in [1.807, 2.05) is 6.92 Å². The first-order valence-electron chi connectivity index (χ1n) is 5.38. The van der Waals surface area contributed by atoms with Crippen LogP contribution < -0.4 is 5.32 Å². The molecule has 1 atom stereocenters. The molecule has 1 aromatic rings. The lowest BCUT2D eigenvalue weighted by Gasteiger charge is -2.17. The highest BCUT2D eigenvalue weighted by Crippen LogP contribution is 2.34. The lowest BCUT2D eigenvalue weighted by Crippen LogP contribution is -2.24. The molecule has 0 fully saturated rings. The quantitative estimate of drug-likeness (QED) is 0.641. The van der Waals surface area contributed by atoms with Crippen molar-refractivity contribution in [1.82, 2.24) is 0 Å². The molecule has 0 saturated carbocycles. The van der Waals surface area contributed by atoms with Gasteiger partial charge in [-0.1, -0.05) is 30.1 Å². The lowest BCUT2D eigenvalue weighted by atomic mass is 10.2. The first-order valence-corrected chi connectivity index (χ1v) is 6.14. The van der Waals surface area contributed by atoms with Gasteiger partial charge in [0.1, 0.15) is 5.69 Å². The normalized spacial score (nSPS) is 12.2. The molecule has 1 unspecified atom stereocenters. The molecule has 7 heteroatoms. The van der Waals surface area contributed by atoms with E-state index in [0.29, 0.717) is 12.3 Å². The summed E-state index contributed by atoms with van der Waals surface area (Å²) in [6.07, 6.45) is 0.769. The zero-order valence-electron chi connectivity index (χ0n) is 10.1. The Kier molecular flexibility index (Phi) is 5.65. The van der Waals surface area contributed by atoms with E-state index in [1.54, 1.807) is 7.11 Å². The van der Waals surface area contributed by atoms with Gasteiger partial charge in [0.15, 0.2) is 0 Å². The summed E-state index contributed by atoms with van der Waals surface area (Å²) in [6, 6.07) is 2.68. The molecular formula is C11H14Cl2N2O3. The zero-order valence-corrected chi connectivity index (χ0v) is 11.6. The van der Waals surface area contributed by atoms with Gasteiger partial charge in [0.05, 0.1) is 21.6 Å². The summed E-state index contributed by atoms with van der Waals surface area (Å²) in [5, 5.41) is 14.4. The monoisotopic (exact) mass is 292 g/mol. The third-order valence-electron chi connectivity index (χ3n) is 2.46. The minimum atomic E-state index is -0.496. The molecule has 0 heterocycles. The van der Waals surface area contributed by atoms with Gasteiger partial charge < -0.3 is 10.1 Å². The topological polar surface area (TPSA) is 64.4 Å². The molecule has 1 rings (SSSR count). The van der Waals surface area contributed by atoms with Crippen LogP contribution in [-0.2, 0) is 4.74 Å². The Hall–Kier alpha value is -1.04. The number of benzene rings is 1. The fraction of sp³-hybridized carbons (Fsp3) is 0.455. The maximum Gasteiger partial charge on any atom is 0.293 e. The van der Waals surface area contributed by atoms with Gasteiger partial charge in [0.2, 0.25) is 0 Å². The number of hydrogen-bond donors (Lipinski definition) is 1. The number of hydrogen-bond acceptors (Lipinski definition) is 4. The van der Waals surface area contributed by atoms with Crippen LogP contribution in [0.2, 0.25) is 10.0 Å². The van der Waals surface area contributed by atoms with Crippen LogP contribution in [0.15, 0.2) is 12.1 Å². The predicted octanol–water partition coefficient (Wildman–Crippen LogP) is 3.74. The Morgan fingerprint density at radius 2 is 2.06 bits per heavy atom. The van der Waals surface area contributed by atoms with E-state index in [1.165, 1.54) is 12.1 Å². The average molecular weight is 293 g/mol. The Balaban J connectivity index is 3.06. The maximum absolute atomic E-state index is 10.9. The maximum atomic E-state index is 10.9. The van der Waals surface area contributed by atoms with Gasteiger partial charge in [-0.2, -0.15) is 0 Å². The molecule has 0 radical (unpaired) electrons. The number of rotatable bonds is 6. The van der Waals surface area contributed by atoms with E-state index in [9.17, 15) is 10.1 Å². The van der Waals surface area contributed by atoms with Gasteiger partial charge in [0.25, 0.3) is 5.69 Å². The van der Waals surface area contributed by atoms with Gasteiger partial charge in [-0.05, 0) is 12.5 Å². The number of nitrogens with one attached hydrogen (secondary N) is 1. The summed E-state index contributed by atoms with van der Waals surface area (Å²) in [5.74, 6) is 0. The Labute approximate surface area is 115 Å². The molecule has 18 heavy (non-hydrogen) atoms. The molecule has 0 spiro atoms. The standard InChI is InChI=1S/C11H14Cl2N2O3/c1-3-7(6-18-2)14-10-4-8(12)9(13)5-11(10)15(16)17/h4-5,7,14H,3,6H2,1-2H3. The third kappa shape index (κ3) is 3.73. The van der Waals surface area contributed by atoms with E-state index in [4.69, 9.17) is 27.9 Å². The van der Waals surface area contributed by atoms with Crippen LogP contribution in [-0.4, -0.2) is 24.7 Å². The molecule has 100 valence electrons. The summed E-state index contributed by atoms with van der Waals surface area (Å²) < 4.78 is 5.03. The average Bonchev–Trinajstić information content (AvgIpc) is 2.32. The molecule has 0 bridgehead atoms. The summed E-state index contributed by atoms with van der Waals surface area (Å²) >= 11 is 11.6. The summed E-state index contributed by atoms with van der Waals surface area (Å²) in [7, 11) is 1.58. The smallest absolute Gasteiger partial charge is 0.293 e. The molecule has 0 aliphatic heterocycles. The highest BCUT2D eigenvalue weighted by atomic mass is 35.5. The summed E-state index contributed by atoms with van der Waals surface area (Å²) in [4.78, 5) is 10.4. The van der Waals surface area contributed by atoms with Crippen LogP contribution in [0.25, 0.3) is 0 Å². The van der Waals surface area contributed by atoms with E-state index < -0.39 is 4.92 Å². The van der Waals surface area contributed by atoms with Gasteiger partial charge >= 0.3 is 0 Å². The van der Waals surface area contributed by atoms with Crippen molar-refractivity contribution in [3.05, 3.63) is 32.3 Å². The molecule has 5 nitrogen and oxygen atoms in total. The van der Waals surface area contributed by atoms with Crippen molar-refractivity contribution in [2.45, 2.75) is 19.4 Å². The summed E-state index contributed by atoms with van der Waals surface area (Å²) in [5.41, 5.74) is 0.247. The number of halogens is 2. The number of methoxy groups -OCH3 is 1. The third-order valence-corrected chi connectivity index (χ3v) is 3.18. The largest absolute Gasteiger partial charge is 0.383 e. The second-order valence-electron chi connectivity index (χ2n) is 3.75. The van der Waals surface area contributed by atoms with E-state index in [0.717, 1.165) is 6.42 Å². The Morgan fingerprint density at radius 3 is 2.56 bits per heavy atom. The minimum Gasteiger partial charge on any atom is -0.383 e. The van der Waals surface area contributed by atoms with Crippen LogP contribution in [0.5, 0.6) is 0 Å². The van der Waals surface area contributed by atoms with E-state index in [2.05, 4.69) is 5.32 Å². The SMILES string of the molecule is CCC(COC)Nc1cc(Cl)c(Cl)cc1[N+](=O)[O-]. The van der Waals surface area contributed by atoms with Crippen molar-refractivity contribution in [2.24, 2.45) is 0 Å². The molecule has 0 aromatic heterocycles. The minimum absolute atomic E-state index is 0.0223. The summed E-state index contributed by atoms with van der Waals surface area (Å²) in [6.45, 7) is 2.41. The lowest BCUT2D eigenvalue weighted by molar-refractivity contribution is -0.384. The van der Waals surface area contributed by atoms with Crippen LogP contribution in [0.3, 0.4) is 0 Å². The Bertz CT molecular complexity index is 441. The number of nitro groups is 1. The van der Waals surface area contributed by atoms with Crippen LogP contribution >= 0.6 is 23.2 Å². The highest BCUT2D eigenvalue weighted by Gasteiger charge is 2.19. The van der Waals surface area contributed by atoms with Crippen LogP contribution in [0, 0.1) is 10.1 Å². The van der Waals surface area contributed by atoms with Crippen molar-refractivity contribution < 1.29 is 9.66 Å². The molecule has 1 aromatic carbocycles. The van der Waals surface area contributed by atoms with E-state index in [-0.39, 0.29) is 21.8 Å². The van der Waals surface area contributed by atoms with Crippen molar-refractivity contribution in [3.63, 3.8) is 0 Å². The Morgan fingerprint density at radius 1 is 1.44 bits per heavy atom. The molecule has 0 saturated heterocycles. The number of anilines is 1. The van der Waals surface area contributed by atoms with Gasteiger partial charge in [-0.3, -0.25) is 10.1 Å². The fourth-order valence-corrected chi connectivity index (χ4v) is 1.81. The number of ether oxygens (including phenoxy) is 1. The molecule has 0 aliphatic rings. The fourth-order valence-electron chi connectivity index (χ4n) is 1.49. The molecule has 0 amide bonds. The second-order valence-corrected chi connectivity index (χ2v) is 4.56. The van der Waals surface area contributed by atoms with Crippen molar-refractivity contribution in [3.8, 4) is 0 Å². The predicted molar refractivity (Wildman–Crippen MR) is 72.7 cm³/mol. The highest BCUT2D eigenvalue weighted by molar-refractivity contribution is 6.42. The van der Waals surface area contributed by atoms with Gasteiger partial charge in [0, 0.05) is 19.2 Å². The van der Waals surface area contributed by atoms with Gasteiger partial charge in [-0.25, -0.2) is 0 Å². The molecule has 1 N–H and O–H groups in total. The first-order chi connectivity index (χ1) is 8.49. The number of nitrogens with zero attached hydrogens (tertiary/aromatic N) is 1. The first kappa shape index (κ1) is 15.0. The van der Waals surface area contributed by atoms with E-state index >= 15 is 0 Å². The molecule has 0 aliphatic carbocycles. The van der Waals surface area contributed by atoms with Crippen LogP contribution in [0.1, 0.15) is 13.3 Å². The zero-order chi connectivity index (χ0) is 13.7. The number of nitro benzene ring substituents is 1. The van der Waals surface area contributed by atoms with Crippen molar-refractivity contribution >= 4 is 34.6 Å². The molecular weight excluding hydrogens is 279 g/mol. The van der Waals surface area contributed by atoms with Crippen molar-refractivity contribution in [1.29, 1.82) is 0 Å².